The number of aromatic nitrogens is 1. The molecule has 1 aliphatic rings. The van der Waals surface area contributed by atoms with E-state index in [-0.39, 0.29) is 5.91 Å². The van der Waals surface area contributed by atoms with Crippen LogP contribution in [0.2, 0.25) is 0 Å². The highest BCUT2D eigenvalue weighted by atomic mass is 32.1. The summed E-state index contributed by atoms with van der Waals surface area (Å²) in [5.74, 6) is -0.184. The van der Waals surface area contributed by atoms with Gasteiger partial charge in [-0.25, -0.2) is 4.98 Å². The molecule has 138 valence electrons. The smallest absolute Gasteiger partial charge is 0.360 e. The molecule has 0 bridgehead atoms. The number of rotatable bonds is 2. The number of fused-ring (bicyclic) bond motifs is 1. The van der Waals surface area contributed by atoms with Crippen LogP contribution >= 0.6 is 11.3 Å². The third-order valence-electron chi connectivity index (χ3n) is 4.35. The van der Waals surface area contributed by atoms with E-state index in [1.165, 1.54) is 23.5 Å². The van der Waals surface area contributed by atoms with Crippen LogP contribution in [0.25, 0.3) is 10.6 Å². The normalized spacial score (nSPS) is 16.4. The van der Waals surface area contributed by atoms with Crippen LogP contribution in [0.5, 0.6) is 0 Å². The number of alkyl halides is 3. The molecule has 1 amide bonds. The summed E-state index contributed by atoms with van der Waals surface area (Å²) in [5, 5.41) is 8.48. The Kier molecular flexibility index (Phi) is 4.15. The molecule has 0 fully saturated rings. The van der Waals surface area contributed by atoms with E-state index in [1.54, 1.807) is 5.38 Å². The van der Waals surface area contributed by atoms with Gasteiger partial charge in [-0.3, -0.25) is 4.79 Å². The van der Waals surface area contributed by atoms with Crippen LogP contribution in [0.4, 0.5) is 18.9 Å². The van der Waals surface area contributed by atoms with Crippen molar-refractivity contribution in [2.24, 2.45) is 0 Å². The Morgan fingerprint density at radius 2 is 1.81 bits per heavy atom. The van der Waals surface area contributed by atoms with Gasteiger partial charge in [-0.15, -0.1) is 11.3 Å². The molecular weight excluding hydrogens is 375 g/mol. The number of nitrogens with one attached hydrogen (secondary N) is 2. The summed E-state index contributed by atoms with van der Waals surface area (Å²) in [7, 11) is 0. The third kappa shape index (κ3) is 3.28. The number of hydrogen-bond acceptors (Lipinski definition) is 4. The molecule has 4 rings (SSSR count). The Hall–Kier alpha value is -2.87. The summed E-state index contributed by atoms with van der Waals surface area (Å²) in [6.07, 6.45) is -4.86. The molecule has 2 N–H and O–H groups in total. The van der Waals surface area contributed by atoms with Gasteiger partial charge in [-0.05, 0) is 30.7 Å². The second kappa shape index (κ2) is 6.38. The first-order chi connectivity index (χ1) is 12.8. The number of anilines is 1. The predicted octanol–water partition coefficient (Wildman–Crippen LogP) is 4.99. The summed E-state index contributed by atoms with van der Waals surface area (Å²) >= 11 is 1.31. The van der Waals surface area contributed by atoms with E-state index in [2.05, 4.69) is 15.6 Å². The Balaban J connectivity index is 1.59. The number of hydrogen-bond donors (Lipinski definition) is 2. The number of halogens is 3. The first-order valence-corrected chi connectivity index (χ1v) is 9.01. The van der Waals surface area contributed by atoms with Crippen molar-refractivity contribution >= 4 is 22.9 Å². The Morgan fingerprint density at radius 1 is 1.07 bits per heavy atom. The molecular formula is C19H14F3N3OS. The number of nitrogens with zero attached hydrogens (tertiary/aromatic N) is 1. The van der Waals surface area contributed by atoms with Crippen molar-refractivity contribution in [3.05, 3.63) is 70.2 Å². The summed E-state index contributed by atoms with van der Waals surface area (Å²) in [6, 6.07) is 10.4. The van der Waals surface area contributed by atoms with E-state index in [0.717, 1.165) is 23.4 Å². The lowest BCUT2D eigenvalue weighted by Crippen LogP contribution is -2.39. The highest BCUT2D eigenvalue weighted by Gasteiger charge is 2.30. The summed E-state index contributed by atoms with van der Waals surface area (Å²) < 4.78 is 38.1. The van der Waals surface area contributed by atoms with E-state index in [1.807, 2.05) is 25.1 Å². The number of carbonyl (C=O) groups excluding carboxylic acids is 1. The quantitative estimate of drug-likeness (QED) is 0.649. The second-order valence-electron chi connectivity index (χ2n) is 6.20. The van der Waals surface area contributed by atoms with Crippen LogP contribution in [0.3, 0.4) is 0 Å². The topological polar surface area (TPSA) is 54.0 Å². The van der Waals surface area contributed by atoms with Crippen molar-refractivity contribution in [3.63, 3.8) is 0 Å². The summed E-state index contributed by atoms with van der Waals surface area (Å²) in [5.41, 5.74) is 2.71. The van der Waals surface area contributed by atoms with Crippen LogP contribution in [0.15, 0.2) is 47.8 Å². The van der Waals surface area contributed by atoms with Gasteiger partial charge in [0.2, 0.25) is 0 Å². The van der Waals surface area contributed by atoms with Gasteiger partial charge < -0.3 is 10.6 Å². The molecule has 8 heteroatoms. The Labute approximate surface area is 157 Å². The van der Waals surface area contributed by atoms with Gasteiger partial charge >= 0.3 is 6.18 Å². The molecule has 0 radical (unpaired) electrons. The van der Waals surface area contributed by atoms with Gasteiger partial charge in [0.05, 0.1) is 16.8 Å². The number of carbonyl (C=O) groups is 1. The highest BCUT2D eigenvalue weighted by molar-refractivity contribution is 7.13. The maximum Gasteiger partial charge on any atom is 0.416 e. The van der Waals surface area contributed by atoms with Gasteiger partial charge in [0.25, 0.3) is 5.91 Å². The van der Waals surface area contributed by atoms with Gasteiger partial charge in [-0.2, -0.15) is 13.2 Å². The lowest BCUT2D eigenvalue weighted by Gasteiger charge is -2.27. The van der Waals surface area contributed by atoms with Crippen molar-refractivity contribution in [3.8, 4) is 10.6 Å². The average molecular weight is 389 g/mol. The van der Waals surface area contributed by atoms with E-state index >= 15 is 0 Å². The lowest BCUT2D eigenvalue weighted by atomic mass is 10.0. The summed E-state index contributed by atoms with van der Waals surface area (Å²) in [6.45, 7) is 1.87. The van der Waals surface area contributed by atoms with Crippen LogP contribution in [-0.4, -0.2) is 10.9 Å². The number of thiazole rings is 1. The number of aryl methyl sites for hydroxylation is 1. The van der Waals surface area contributed by atoms with Crippen molar-refractivity contribution in [2.45, 2.75) is 19.3 Å². The minimum atomic E-state index is -4.37. The molecule has 2 heterocycles. The molecule has 1 atom stereocenters. The largest absolute Gasteiger partial charge is 0.416 e. The second-order valence-corrected chi connectivity index (χ2v) is 7.06. The molecule has 4 nitrogen and oxygen atoms in total. The van der Waals surface area contributed by atoms with Gasteiger partial charge in [0.1, 0.15) is 11.2 Å². The van der Waals surface area contributed by atoms with Gasteiger partial charge in [-0.1, -0.05) is 24.3 Å². The fraction of sp³-hybridized carbons (Fsp3) is 0.158. The molecule has 0 aliphatic carbocycles. The molecule has 3 aromatic rings. The van der Waals surface area contributed by atoms with Gasteiger partial charge in [0.15, 0.2) is 0 Å². The number of benzene rings is 2. The first-order valence-electron chi connectivity index (χ1n) is 8.13. The maximum atomic E-state index is 12.7. The van der Waals surface area contributed by atoms with Gasteiger partial charge in [0, 0.05) is 16.6 Å². The van der Waals surface area contributed by atoms with E-state index < -0.39 is 17.9 Å². The van der Waals surface area contributed by atoms with E-state index in [4.69, 9.17) is 0 Å². The Bertz CT molecular complexity index is 1010. The van der Waals surface area contributed by atoms with Crippen molar-refractivity contribution < 1.29 is 18.0 Å². The minimum Gasteiger partial charge on any atom is -0.360 e. The predicted molar refractivity (Wildman–Crippen MR) is 97.6 cm³/mol. The minimum absolute atomic E-state index is 0.184. The van der Waals surface area contributed by atoms with Crippen LogP contribution in [0, 0.1) is 6.92 Å². The standard InChI is InChI=1S/C19H14F3N3OS/c1-10-3-2-4-13-15(10)17(26)25-16(23-13)14-9-27-18(24-14)11-5-7-12(8-6-11)19(20,21)22/h2-9,16,23H,1H3,(H,25,26)/t16-/m1/s1. The van der Waals surface area contributed by atoms with Crippen molar-refractivity contribution in [1.82, 2.24) is 10.3 Å². The van der Waals surface area contributed by atoms with Crippen molar-refractivity contribution in [2.75, 3.05) is 5.32 Å². The molecule has 0 saturated carbocycles. The van der Waals surface area contributed by atoms with Crippen molar-refractivity contribution in [1.29, 1.82) is 0 Å². The third-order valence-corrected chi connectivity index (χ3v) is 5.26. The molecule has 2 aromatic carbocycles. The molecule has 1 aliphatic heterocycles. The molecule has 27 heavy (non-hydrogen) atoms. The van der Waals surface area contributed by atoms with Crippen LogP contribution in [-0.2, 0) is 6.18 Å². The fourth-order valence-electron chi connectivity index (χ4n) is 2.99. The van der Waals surface area contributed by atoms with Crippen LogP contribution in [0.1, 0.15) is 33.3 Å². The van der Waals surface area contributed by atoms with E-state index in [0.29, 0.717) is 21.8 Å². The SMILES string of the molecule is Cc1cccc2c1C(=O)N[C@H](c1csc(-c3ccc(C(F)(F)F)cc3)n1)N2. The number of amides is 1. The zero-order valence-corrected chi connectivity index (χ0v) is 14.9. The lowest BCUT2D eigenvalue weighted by molar-refractivity contribution is -0.137. The monoisotopic (exact) mass is 389 g/mol. The summed E-state index contributed by atoms with van der Waals surface area (Å²) in [4.78, 5) is 16.9. The molecule has 0 saturated heterocycles. The molecule has 0 unspecified atom stereocenters. The maximum absolute atomic E-state index is 12.7. The zero-order valence-electron chi connectivity index (χ0n) is 14.1. The average Bonchev–Trinajstić information content (AvgIpc) is 3.11. The fourth-order valence-corrected chi connectivity index (χ4v) is 3.84. The highest BCUT2D eigenvalue weighted by Crippen LogP contribution is 2.34. The molecule has 1 aromatic heterocycles. The Morgan fingerprint density at radius 3 is 2.52 bits per heavy atom. The first kappa shape index (κ1) is 17.5. The van der Waals surface area contributed by atoms with E-state index in [9.17, 15) is 18.0 Å². The molecule has 0 spiro atoms. The van der Waals surface area contributed by atoms with Crippen LogP contribution < -0.4 is 10.6 Å². The zero-order chi connectivity index (χ0) is 19.2.